The standard InChI is InChI=1S/C12H25NSe/c1-7(2)10-11(8(3)4)14-12(13-10)9(5)6/h7-13H,1-6H3. The molecule has 84 valence electrons. The average Bonchev–Trinajstić information content (AvgIpc) is 2.47. The van der Waals surface area contributed by atoms with E-state index in [1.54, 1.807) is 0 Å². The van der Waals surface area contributed by atoms with Gasteiger partial charge in [0.15, 0.2) is 0 Å². The Labute approximate surface area is 95.6 Å². The molecule has 1 aliphatic rings. The van der Waals surface area contributed by atoms with Gasteiger partial charge in [0.05, 0.1) is 0 Å². The summed E-state index contributed by atoms with van der Waals surface area (Å²) in [6.45, 7) is 14.2. The van der Waals surface area contributed by atoms with Crippen LogP contribution in [0.2, 0.25) is 4.82 Å². The maximum absolute atomic E-state index is 3.85. The van der Waals surface area contributed by atoms with Crippen LogP contribution in [-0.4, -0.2) is 25.9 Å². The molecule has 1 fully saturated rings. The first kappa shape index (κ1) is 12.5. The maximum atomic E-state index is 3.85. The van der Waals surface area contributed by atoms with Gasteiger partial charge in [0.2, 0.25) is 0 Å². The second kappa shape index (κ2) is 5.01. The summed E-state index contributed by atoms with van der Waals surface area (Å²) < 4.78 is 0. The molecule has 14 heavy (non-hydrogen) atoms. The fourth-order valence-electron chi connectivity index (χ4n) is 2.07. The molecule has 0 amide bonds. The van der Waals surface area contributed by atoms with Crippen molar-refractivity contribution in [3.8, 4) is 0 Å². The summed E-state index contributed by atoms with van der Waals surface area (Å²) >= 11 is 0.789. The van der Waals surface area contributed by atoms with Crippen LogP contribution >= 0.6 is 0 Å². The molecule has 0 radical (unpaired) electrons. The van der Waals surface area contributed by atoms with E-state index < -0.39 is 0 Å². The van der Waals surface area contributed by atoms with Gasteiger partial charge in [-0.05, 0) is 0 Å². The molecular weight excluding hydrogens is 237 g/mol. The topological polar surface area (TPSA) is 12.0 Å². The SMILES string of the molecule is CC(C)C1NC(C(C)C)C(C(C)C)[Se]1. The van der Waals surface area contributed by atoms with Gasteiger partial charge in [0, 0.05) is 0 Å². The minimum atomic E-state index is 0.766. The summed E-state index contributed by atoms with van der Waals surface area (Å²) in [7, 11) is 0. The quantitative estimate of drug-likeness (QED) is 0.771. The number of rotatable bonds is 3. The van der Waals surface area contributed by atoms with Crippen LogP contribution in [-0.2, 0) is 0 Å². The van der Waals surface area contributed by atoms with Gasteiger partial charge >= 0.3 is 95.4 Å². The van der Waals surface area contributed by atoms with Gasteiger partial charge in [-0.15, -0.1) is 0 Å². The number of hydrogen-bond acceptors (Lipinski definition) is 1. The third-order valence-electron chi connectivity index (χ3n) is 3.00. The molecule has 0 bridgehead atoms. The van der Waals surface area contributed by atoms with E-state index in [0.717, 1.165) is 48.5 Å². The molecule has 3 atom stereocenters. The molecule has 1 N–H and O–H groups in total. The van der Waals surface area contributed by atoms with Gasteiger partial charge in [0.1, 0.15) is 0 Å². The van der Waals surface area contributed by atoms with Crippen molar-refractivity contribution in [1.82, 2.24) is 5.32 Å². The minimum absolute atomic E-state index is 0.766. The molecule has 0 aromatic carbocycles. The molecule has 1 rings (SSSR count). The molecule has 1 nitrogen and oxygen atoms in total. The van der Waals surface area contributed by atoms with Crippen LogP contribution in [0, 0.1) is 17.8 Å². The molecule has 0 aromatic rings. The summed E-state index contributed by atoms with van der Waals surface area (Å²) in [6.07, 6.45) is 0. The van der Waals surface area contributed by atoms with Gasteiger partial charge in [0.25, 0.3) is 0 Å². The Kier molecular flexibility index (Phi) is 4.49. The first-order valence-electron chi connectivity index (χ1n) is 5.85. The third kappa shape index (κ3) is 2.74. The van der Waals surface area contributed by atoms with E-state index in [0.29, 0.717) is 0 Å². The predicted octanol–water partition coefficient (Wildman–Crippen LogP) is 2.75. The van der Waals surface area contributed by atoms with Crippen molar-refractivity contribution < 1.29 is 0 Å². The third-order valence-corrected chi connectivity index (χ3v) is 7.45. The van der Waals surface area contributed by atoms with Crippen LogP contribution in [0.3, 0.4) is 0 Å². The van der Waals surface area contributed by atoms with E-state index in [-0.39, 0.29) is 0 Å². The number of nitrogens with one attached hydrogen (secondary N) is 1. The molecule has 0 aromatic heterocycles. The van der Waals surface area contributed by atoms with Crippen LogP contribution in [0.25, 0.3) is 0 Å². The van der Waals surface area contributed by atoms with Gasteiger partial charge in [-0.1, -0.05) is 0 Å². The van der Waals surface area contributed by atoms with E-state index in [4.69, 9.17) is 0 Å². The fourth-order valence-corrected chi connectivity index (χ4v) is 5.77. The van der Waals surface area contributed by atoms with E-state index in [1.165, 1.54) is 0 Å². The Hall–Kier alpha value is 0.479. The molecule has 3 unspecified atom stereocenters. The first-order valence-corrected chi connectivity index (χ1v) is 7.82. The second-order valence-electron chi connectivity index (χ2n) is 5.45. The molecule has 0 spiro atoms. The molecule has 1 aliphatic heterocycles. The predicted molar refractivity (Wildman–Crippen MR) is 64.7 cm³/mol. The fraction of sp³-hybridized carbons (Fsp3) is 1.00. The van der Waals surface area contributed by atoms with E-state index in [1.807, 2.05) is 0 Å². The second-order valence-corrected chi connectivity index (χ2v) is 8.22. The van der Waals surface area contributed by atoms with Crippen molar-refractivity contribution in [1.29, 1.82) is 0 Å². The van der Waals surface area contributed by atoms with Gasteiger partial charge in [-0.2, -0.15) is 0 Å². The Balaban J connectivity index is 2.65. The summed E-state index contributed by atoms with van der Waals surface area (Å²) in [5.74, 6) is 2.44. The summed E-state index contributed by atoms with van der Waals surface area (Å²) in [4.78, 5) is 1.75. The van der Waals surface area contributed by atoms with Crippen molar-refractivity contribution in [2.45, 2.75) is 57.3 Å². The monoisotopic (exact) mass is 263 g/mol. The van der Waals surface area contributed by atoms with Crippen LogP contribution in [0.1, 0.15) is 41.5 Å². The van der Waals surface area contributed by atoms with Gasteiger partial charge in [-0.25, -0.2) is 0 Å². The van der Waals surface area contributed by atoms with Crippen molar-refractivity contribution in [3.05, 3.63) is 0 Å². The Morgan fingerprint density at radius 3 is 1.71 bits per heavy atom. The molecule has 1 heterocycles. The average molecular weight is 262 g/mol. The van der Waals surface area contributed by atoms with Crippen molar-refractivity contribution in [2.75, 3.05) is 0 Å². The Bertz CT molecular complexity index is 161. The molecular formula is C12H25NSe. The van der Waals surface area contributed by atoms with Crippen LogP contribution in [0.5, 0.6) is 0 Å². The van der Waals surface area contributed by atoms with Gasteiger partial charge in [-0.3, -0.25) is 0 Å². The zero-order valence-electron chi connectivity index (χ0n) is 10.4. The first-order chi connectivity index (χ1) is 6.43. The zero-order valence-corrected chi connectivity index (χ0v) is 12.1. The Morgan fingerprint density at radius 2 is 1.43 bits per heavy atom. The van der Waals surface area contributed by atoms with Crippen molar-refractivity contribution in [2.24, 2.45) is 17.8 Å². The summed E-state index contributed by atoms with van der Waals surface area (Å²) in [5, 5.41) is 3.85. The van der Waals surface area contributed by atoms with E-state index >= 15 is 0 Å². The molecule has 0 aliphatic carbocycles. The van der Waals surface area contributed by atoms with Crippen LogP contribution < -0.4 is 5.32 Å². The van der Waals surface area contributed by atoms with Crippen LogP contribution in [0.15, 0.2) is 0 Å². The van der Waals surface area contributed by atoms with Crippen molar-refractivity contribution in [3.63, 3.8) is 0 Å². The van der Waals surface area contributed by atoms with Gasteiger partial charge < -0.3 is 0 Å². The number of hydrogen-bond donors (Lipinski definition) is 1. The summed E-state index contributed by atoms with van der Waals surface area (Å²) in [6, 6.07) is 0.766. The summed E-state index contributed by atoms with van der Waals surface area (Å²) in [5.41, 5.74) is 0. The Morgan fingerprint density at radius 1 is 0.857 bits per heavy atom. The van der Waals surface area contributed by atoms with E-state index in [2.05, 4.69) is 46.9 Å². The zero-order chi connectivity index (χ0) is 10.9. The van der Waals surface area contributed by atoms with Crippen molar-refractivity contribution >= 4 is 15.0 Å². The molecule has 2 heteroatoms. The van der Waals surface area contributed by atoms with Crippen LogP contribution in [0.4, 0.5) is 0 Å². The molecule has 0 saturated carbocycles. The normalized spacial score (nSPS) is 33.6. The molecule has 1 saturated heterocycles. The van der Waals surface area contributed by atoms with E-state index in [9.17, 15) is 0 Å².